The third kappa shape index (κ3) is 5.29. The van der Waals surface area contributed by atoms with Crippen LogP contribution in [0.5, 0.6) is 0 Å². The van der Waals surface area contributed by atoms with Gasteiger partial charge < -0.3 is 20.3 Å². The van der Waals surface area contributed by atoms with Crippen LogP contribution in [-0.4, -0.2) is 55.3 Å². The van der Waals surface area contributed by atoms with Crippen LogP contribution < -0.4 is 15.5 Å². The smallest absolute Gasteiger partial charge is 0.223 e. The van der Waals surface area contributed by atoms with Crippen molar-refractivity contribution in [2.45, 2.75) is 39.0 Å². The molecule has 1 aliphatic carbocycles. The van der Waals surface area contributed by atoms with Crippen molar-refractivity contribution in [3.8, 4) is 0 Å². The third-order valence-corrected chi connectivity index (χ3v) is 4.87. The first-order chi connectivity index (χ1) is 12.2. The summed E-state index contributed by atoms with van der Waals surface area (Å²) in [5, 5.41) is 6.34. The van der Waals surface area contributed by atoms with E-state index in [9.17, 15) is 4.79 Å². The second-order valence-corrected chi connectivity index (χ2v) is 6.81. The molecule has 0 aromatic carbocycles. The van der Waals surface area contributed by atoms with E-state index in [4.69, 9.17) is 4.74 Å². The number of carbonyl (C=O) groups excluding carboxylic acids is 1. The van der Waals surface area contributed by atoms with Crippen LogP contribution in [0.15, 0.2) is 6.07 Å². The predicted octanol–water partition coefficient (Wildman–Crippen LogP) is 1.73. The number of aryl methyl sites for hydroxylation is 1. The van der Waals surface area contributed by atoms with E-state index in [-0.39, 0.29) is 11.8 Å². The molecule has 2 fully saturated rings. The number of hydrogen-bond acceptors (Lipinski definition) is 6. The van der Waals surface area contributed by atoms with Crippen LogP contribution in [0.2, 0.25) is 0 Å². The Morgan fingerprint density at radius 2 is 1.96 bits per heavy atom. The van der Waals surface area contributed by atoms with Gasteiger partial charge in [0, 0.05) is 38.2 Å². The maximum atomic E-state index is 12.1. The molecule has 2 N–H and O–H groups in total. The molecular weight excluding hydrogens is 318 g/mol. The second-order valence-electron chi connectivity index (χ2n) is 6.81. The molecule has 0 atom stereocenters. The molecule has 3 rings (SSSR count). The fraction of sp³-hybridized carbons (Fsp3) is 0.722. The lowest BCUT2D eigenvalue weighted by atomic mass is 9.89. The van der Waals surface area contributed by atoms with Gasteiger partial charge in [-0.2, -0.15) is 0 Å². The Hall–Kier alpha value is -1.89. The summed E-state index contributed by atoms with van der Waals surface area (Å²) >= 11 is 0. The largest absolute Gasteiger partial charge is 0.378 e. The van der Waals surface area contributed by atoms with E-state index < -0.39 is 0 Å². The van der Waals surface area contributed by atoms with Crippen molar-refractivity contribution in [1.29, 1.82) is 0 Å². The normalized spacial score (nSPS) is 18.8. The van der Waals surface area contributed by atoms with Crippen LogP contribution in [0, 0.1) is 12.8 Å². The highest BCUT2D eigenvalue weighted by molar-refractivity contribution is 5.78. The van der Waals surface area contributed by atoms with Crippen molar-refractivity contribution >= 4 is 17.5 Å². The lowest BCUT2D eigenvalue weighted by Crippen LogP contribution is -2.37. The Balaban J connectivity index is 1.46. The van der Waals surface area contributed by atoms with Crippen molar-refractivity contribution in [2.75, 3.05) is 49.6 Å². The molecule has 2 heterocycles. The van der Waals surface area contributed by atoms with Crippen LogP contribution in [0.3, 0.4) is 0 Å². The van der Waals surface area contributed by atoms with Gasteiger partial charge >= 0.3 is 0 Å². The van der Waals surface area contributed by atoms with Crippen LogP contribution in [-0.2, 0) is 9.53 Å². The maximum absolute atomic E-state index is 12.1. The lowest BCUT2D eigenvalue weighted by Gasteiger charge is -2.28. The second kappa shape index (κ2) is 8.99. The summed E-state index contributed by atoms with van der Waals surface area (Å²) in [6.07, 6.45) is 5.70. The van der Waals surface area contributed by atoms with Gasteiger partial charge in [0.1, 0.15) is 17.5 Å². The summed E-state index contributed by atoms with van der Waals surface area (Å²) in [4.78, 5) is 23.3. The summed E-state index contributed by atoms with van der Waals surface area (Å²) in [5.74, 6) is 2.90. The van der Waals surface area contributed by atoms with Crippen LogP contribution in [0.1, 0.15) is 37.9 Å². The first-order valence-electron chi connectivity index (χ1n) is 9.42. The van der Waals surface area contributed by atoms with Crippen molar-refractivity contribution in [1.82, 2.24) is 15.3 Å². The van der Waals surface area contributed by atoms with E-state index in [1.54, 1.807) is 0 Å². The van der Waals surface area contributed by atoms with E-state index in [2.05, 4.69) is 25.5 Å². The van der Waals surface area contributed by atoms with Gasteiger partial charge in [0.15, 0.2) is 0 Å². The molecular formula is C18H29N5O2. The average Bonchev–Trinajstić information content (AvgIpc) is 2.66. The number of aromatic nitrogens is 2. The SMILES string of the molecule is Cc1nc(NCCNC(=O)C2CCCCC2)cc(N2CCOCC2)n1. The molecule has 1 amide bonds. The Morgan fingerprint density at radius 1 is 1.20 bits per heavy atom. The highest BCUT2D eigenvalue weighted by Crippen LogP contribution is 2.23. The molecule has 138 valence electrons. The van der Waals surface area contributed by atoms with E-state index in [1.807, 2.05) is 13.0 Å². The summed E-state index contributed by atoms with van der Waals surface area (Å²) in [6, 6.07) is 1.97. The Bertz CT molecular complexity index is 569. The van der Waals surface area contributed by atoms with Crippen molar-refractivity contribution in [3.05, 3.63) is 11.9 Å². The Kier molecular flexibility index (Phi) is 6.44. The van der Waals surface area contributed by atoms with Gasteiger partial charge in [-0.15, -0.1) is 0 Å². The van der Waals surface area contributed by atoms with Gasteiger partial charge in [-0.3, -0.25) is 4.79 Å². The summed E-state index contributed by atoms with van der Waals surface area (Å²) in [5.41, 5.74) is 0. The first-order valence-corrected chi connectivity index (χ1v) is 9.42. The number of hydrogen-bond donors (Lipinski definition) is 2. The van der Waals surface area contributed by atoms with Crippen molar-refractivity contribution < 1.29 is 9.53 Å². The Labute approximate surface area is 149 Å². The molecule has 7 heteroatoms. The van der Waals surface area contributed by atoms with Crippen LogP contribution in [0.25, 0.3) is 0 Å². The number of anilines is 2. The molecule has 1 aromatic heterocycles. The standard InChI is InChI=1S/C18H29N5O2/c1-14-21-16(13-17(22-14)23-9-11-25-12-10-23)19-7-8-20-18(24)15-5-3-2-4-6-15/h13,15H,2-12H2,1H3,(H,20,24)(H,19,21,22). The molecule has 2 aliphatic rings. The highest BCUT2D eigenvalue weighted by Gasteiger charge is 2.20. The van der Waals surface area contributed by atoms with Gasteiger partial charge in [0.25, 0.3) is 0 Å². The number of nitrogens with zero attached hydrogens (tertiary/aromatic N) is 3. The summed E-state index contributed by atoms with van der Waals surface area (Å²) < 4.78 is 5.39. The molecule has 1 aromatic rings. The maximum Gasteiger partial charge on any atom is 0.223 e. The zero-order chi connectivity index (χ0) is 17.5. The minimum atomic E-state index is 0.203. The molecule has 1 saturated heterocycles. The fourth-order valence-electron chi connectivity index (χ4n) is 3.48. The van der Waals surface area contributed by atoms with Gasteiger partial charge in [-0.25, -0.2) is 9.97 Å². The van der Waals surface area contributed by atoms with E-state index in [0.29, 0.717) is 13.1 Å². The third-order valence-electron chi connectivity index (χ3n) is 4.87. The zero-order valence-corrected chi connectivity index (χ0v) is 15.1. The van der Waals surface area contributed by atoms with E-state index in [1.165, 1.54) is 19.3 Å². The zero-order valence-electron chi connectivity index (χ0n) is 15.1. The van der Waals surface area contributed by atoms with Crippen LogP contribution in [0.4, 0.5) is 11.6 Å². The number of morpholine rings is 1. The minimum Gasteiger partial charge on any atom is -0.378 e. The molecule has 7 nitrogen and oxygen atoms in total. The van der Waals surface area contributed by atoms with Gasteiger partial charge in [-0.1, -0.05) is 19.3 Å². The molecule has 0 unspecified atom stereocenters. The molecule has 0 radical (unpaired) electrons. The molecule has 25 heavy (non-hydrogen) atoms. The predicted molar refractivity (Wildman–Crippen MR) is 97.9 cm³/mol. The highest BCUT2D eigenvalue weighted by atomic mass is 16.5. The van der Waals surface area contributed by atoms with Gasteiger partial charge in [-0.05, 0) is 19.8 Å². The van der Waals surface area contributed by atoms with Gasteiger partial charge in [0.05, 0.1) is 13.2 Å². The molecule has 1 aliphatic heterocycles. The minimum absolute atomic E-state index is 0.203. The monoisotopic (exact) mass is 347 g/mol. The lowest BCUT2D eigenvalue weighted by molar-refractivity contribution is -0.125. The summed E-state index contributed by atoms with van der Waals surface area (Å²) in [6.45, 7) is 6.36. The summed E-state index contributed by atoms with van der Waals surface area (Å²) in [7, 11) is 0. The van der Waals surface area contributed by atoms with E-state index in [0.717, 1.165) is 56.6 Å². The number of amides is 1. The van der Waals surface area contributed by atoms with Gasteiger partial charge in [0.2, 0.25) is 5.91 Å². The van der Waals surface area contributed by atoms with Crippen molar-refractivity contribution in [2.24, 2.45) is 5.92 Å². The Morgan fingerprint density at radius 3 is 2.72 bits per heavy atom. The quantitative estimate of drug-likeness (QED) is 0.763. The molecule has 1 saturated carbocycles. The topological polar surface area (TPSA) is 79.4 Å². The number of carbonyl (C=O) groups is 1. The molecule has 0 spiro atoms. The first kappa shape index (κ1) is 17.9. The molecule has 0 bridgehead atoms. The van der Waals surface area contributed by atoms with Crippen molar-refractivity contribution in [3.63, 3.8) is 0 Å². The average molecular weight is 347 g/mol. The fourth-order valence-corrected chi connectivity index (χ4v) is 3.48. The van der Waals surface area contributed by atoms with E-state index >= 15 is 0 Å². The number of rotatable bonds is 6. The van der Waals surface area contributed by atoms with Crippen LogP contribution >= 0.6 is 0 Å². The number of ether oxygens (including phenoxy) is 1. The number of nitrogens with one attached hydrogen (secondary N) is 2.